The van der Waals surface area contributed by atoms with E-state index in [0.717, 1.165) is 79.7 Å². The monoisotopic (exact) mass is 448 g/mol. The second-order valence-corrected chi connectivity index (χ2v) is 8.62. The quantitative estimate of drug-likeness (QED) is 0.360. The van der Waals surface area contributed by atoms with Crippen LogP contribution < -0.4 is 5.32 Å². The lowest BCUT2D eigenvalue weighted by atomic mass is 9.93. The Morgan fingerprint density at radius 3 is 2.88 bits per heavy atom. The molecule has 0 bridgehead atoms. The van der Waals surface area contributed by atoms with Crippen molar-refractivity contribution in [3.63, 3.8) is 0 Å². The topological polar surface area (TPSA) is 96.8 Å². The molecule has 9 heteroatoms. The maximum Gasteiger partial charge on any atom is 0.201 e. The predicted molar refractivity (Wildman–Crippen MR) is 129 cm³/mol. The zero-order chi connectivity index (χ0) is 22.5. The van der Waals surface area contributed by atoms with Gasteiger partial charge < -0.3 is 24.5 Å². The average molecular weight is 449 g/mol. The van der Waals surface area contributed by atoms with E-state index in [1.54, 1.807) is 12.4 Å². The zero-order valence-electron chi connectivity index (χ0n) is 19.2. The Balaban J connectivity index is 1.12. The van der Waals surface area contributed by atoms with Gasteiger partial charge in [0, 0.05) is 45.1 Å². The van der Waals surface area contributed by atoms with Crippen LogP contribution in [0.4, 0.5) is 5.95 Å². The summed E-state index contributed by atoms with van der Waals surface area (Å²) in [6, 6.07) is 5.96. The number of aromatic nitrogens is 6. The van der Waals surface area contributed by atoms with Crippen molar-refractivity contribution in [1.29, 1.82) is 0 Å². The van der Waals surface area contributed by atoms with E-state index in [9.17, 15) is 0 Å². The molecule has 5 heterocycles. The van der Waals surface area contributed by atoms with Gasteiger partial charge >= 0.3 is 0 Å². The number of pyridine rings is 2. The van der Waals surface area contributed by atoms with Crippen molar-refractivity contribution in [2.24, 2.45) is 5.92 Å². The van der Waals surface area contributed by atoms with Crippen LogP contribution in [0.25, 0.3) is 22.2 Å². The molecule has 2 N–H and O–H groups in total. The second-order valence-electron chi connectivity index (χ2n) is 8.62. The van der Waals surface area contributed by atoms with E-state index >= 15 is 0 Å². The van der Waals surface area contributed by atoms with Crippen molar-refractivity contribution in [3.05, 3.63) is 42.6 Å². The summed E-state index contributed by atoms with van der Waals surface area (Å²) < 4.78 is 7.86. The average Bonchev–Trinajstić information content (AvgIpc) is 3.41. The minimum absolute atomic E-state index is 0.653. The number of aromatic amines is 1. The van der Waals surface area contributed by atoms with Crippen LogP contribution in [0.1, 0.15) is 25.6 Å². The summed E-state index contributed by atoms with van der Waals surface area (Å²) in [5.41, 5.74) is 3.85. The fourth-order valence-corrected chi connectivity index (χ4v) is 4.64. The number of hydrogen-bond donors (Lipinski definition) is 2. The first-order valence-corrected chi connectivity index (χ1v) is 11.9. The van der Waals surface area contributed by atoms with Crippen LogP contribution in [0.3, 0.4) is 0 Å². The van der Waals surface area contributed by atoms with E-state index in [1.807, 2.05) is 25.3 Å². The Morgan fingerprint density at radius 2 is 2.03 bits per heavy atom. The highest BCUT2D eigenvalue weighted by Crippen LogP contribution is 2.23. The van der Waals surface area contributed by atoms with Gasteiger partial charge in [0.2, 0.25) is 5.95 Å². The number of likely N-dealkylation sites (tertiary alicyclic amines) is 1. The number of H-pyrrole nitrogens is 1. The van der Waals surface area contributed by atoms with Gasteiger partial charge in [-0.3, -0.25) is 4.98 Å². The number of anilines is 1. The molecule has 0 aliphatic carbocycles. The lowest BCUT2D eigenvalue weighted by Crippen LogP contribution is -2.37. The van der Waals surface area contributed by atoms with Gasteiger partial charge in [0.15, 0.2) is 5.65 Å². The van der Waals surface area contributed by atoms with Crippen LogP contribution in [-0.2, 0) is 17.7 Å². The fraction of sp³-hybridized carbons (Fsp3) is 0.500. The Bertz CT molecular complexity index is 1140. The number of imidazole rings is 2. The standard InChI is InChI=1S/C24H32N8O/c1-2-33-15-14-32-22(28-20-4-3-8-26-23(20)32)16-18-6-11-31(12-7-18)13-10-27-24-29-19-5-9-25-17-21(19)30-24/h3-5,8-9,17-18H,2,6-7,10-16H2,1H3,(H2,27,29,30). The largest absolute Gasteiger partial charge is 0.380 e. The Morgan fingerprint density at radius 1 is 1.12 bits per heavy atom. The van der Waals surface area contributed by atoms with Gasteiger partial charge in [0.25, 0.3) is 0 Å². The highest BCUT2D eigenvalue weighted by Gasteiger charge is 2.22. The van der Waals surface area contributed by atoms with E-state index in [1.165, 1.54) is 12.8 Å². The Kier molecular flexibility index (Phi) is 6.78. The molecule has 0 spiro atoms. The van der Waals surface area contributed by atoms with Gasteiger partial charge in [-0.2, -0.15) is 0 Å². The van der Waals surface area contributed by atoms with Crippen LogP contribution in [0.2, 0.25) is 0 Å². The van der Waals surface area contributed by atoms with Crippen LogP contribution in [0.5, 0.6) is 0 Å². The molecule has 1 fully saturated rings. The molecule has 0 radical (unpaired) electrons. The molecule has 0 aromatic carbocycles. The number of fused-ring (bicyclic) bond motifs is 2. The van der Waals surface area contributed by atoms with Crippen molar-refractivity contribution >= 4 is 28.1 Å². The third-order valence-electron chi connectivity index (χ3n) is 6.43. The third kappa shape index (κ3) is 5.15. The molecule has 5 rings (SSSR count). The SMILES string of the molecule is CCOCCn1c(CC2CCN(CCNc3nc4cnccc4[nH]3)CC2)nc2cccnc21. The van der Waals surface area contributed by atoms with E-state index in [4.69, 9.17) is 9.72 Å². The van der Waals surface area contributed by atoms with Crippen molar-refractivity contribution in [3.8, 4) is 0 Å². The van der Waals surface area contributed by atoms with Crippen molar-refractivity contribution in [2.45, 2.75) is 32.7 Å². The molecule has 0 saturated carbocycles. The first kappa shape index (κ1) is 21.8. The van der Waals surface area contributed by atoms with Gasteiger partial charge in [-0.25, -0.2) is 15.0 Å². The number of rotatable bonds is 10. The highest BCUT2D eigenvalue weighted by molar-refractivity contribution is 5.76. The molecular formula is C24H32N8O. The van der Waals surface area contributed by atoms with Gasteiger partial charge in [0.05, 0.1) is 18.3 Å². The third-order valence-corrected chi connectivity index (χ3v) is 6.43. The molecule has 174 valence electrons. The number of nitrogens with zero attached hydrogens (tertiary/aromatic N) is 6. The lowest BCUT2D eigenvalue weighted by molar-refractivity contribution is 0.138. The zero-order valence-corrected chi connectivity index (χ0v) is 19.2. The molecule has 1 saturated heterocycles. The van der Waals surface area contributed by atoms with Crippen molar-refractivity contribution < 1.29 is 4.74 Å². The molecule has 0 atom stereocenters. The maximum atomic E-state index is 5.60. The van der Waals surface area contributed by atoms with E-state index in [-0.39, 0.29) is 0 Å². The van der Waals surface area contributed by atoms with Gasteiger partial charge in [0.1, 0.15) is 16.9 Å². The maximum absolute atomic E-state index is 5.60. The highest BCUT2D eigenvalue weighted by atomic mass is 16.5. The summed E-state index contributed by atoms with van der Waals surface area (Å²) >= 11 is 0. The van der Waals surface area contributed by atoms with E-state index in [0.29, 0.717) is 12.5 Å². The number of piperidine rings is 1. The number of nitrogens with one attached hydrogen (secondary N) is 2. The molecule has 9 nitrogen and oxygen atoms in total. The fourth-order valence-electron chi connectivity index (χ4n) is 4.64. The van der Waals surface area contributed by atoms with Gasteiger partial charge in [-0.05, 0) is 57.0 Å². The minimum Gasteiger partial charge on any atom is -0.380 e. The lowest BCUT2D eigenvalue weighted by Gasteiger charge is -2.31. The summed E-state index contributed by atoms with van der Waals surface area (Å²) in [7, 11) is 0. The number of ether oxygens (including phenoxy) is 1. The summed E-state index contributed by atoms with van der Waals surface area (Å²) in [6.07, 6.45) is 8.79. The van der Waals surface area contributed by atoms with E-state index < -0.39 is 0 Å². The van der Waals surface area contributed by atoms with Crippen LogP contribution in [0, 0.1) is 5.92 Å². The van der Waals surface area contributed by atoms with E-state index in [2.05, 4.69) is 40.8 Å². The molecule has 4 aromatic rings. The molecule has 1 aliphatic rings. The van der Waals surface area contributed by atoms with Crippen molar-refractivity contribution in [2.75, 3.05) is 44.7 Å². The molecule has 1 aliphatic heterocycles. The normalized spacial score (nSPS) is 15.5. The Hall–Kier alpha value is -3.04. The summed E-state index contributed by atoms with van der Waals surface area (Å²) in [5, 5.41) is 3.41. The second kappa shape index (κ2) is 10.3. The number of hydrogen-bond acceptors (Lipinski definition) is 7. The predicted octanol–water partition coefficient (Wildman–Crippen LogP) is 3.11. The summed E-state index contributed by atoms with van der Waals surface area (Å²) in [5.74, 6) is 2.61. The summed E-state index contributed by atoms with van der Waals surface area (Å²) in [6.45, 7) is 8.38. The molecule has 4 aromatic heterocycles. The smallest absolute Gasteiger partial charge is 0.201 e. The summed E-state index contributed by atoms with van der Waals surface area (Å²) in [4.78, 5) is 24.0. The van der Waals surface area contributed by atoms with Crippen LogP contribution >= 0.6 is 0 Å². The van der Waals surface area contributed by atoms with Crippen LogP contribution in [-0.4, -0.2) is 73.8 Å². The van der Waals surface area contributed by atoms with Gasteiger partial charge in [-0.1, -0.05) is 0 Å². The molecule has 33 heavy (non-hydrogen) atoms. The van der Waals surface area contributed by atoms with Crippen molar-refractivity contribution in [1.82, 2.24) is 34.4 Å². The minimum atomic E-state index is 0.653. The Labute approximate surface area is 193 Å². The first-order chi connectivity index (χ1) is 16.3. The van der Waals surface area contributed by atoms with Crippen LogP contribution in [0.15, 0.2) is 36.8 Å². The first-order valence-electron chi connectivity index (χ1n) is 11.9. The molecule has 0 unspecified atom stereocenters. The molecule has 0 amide bonds. The van der Waals surface area contributed by atoms with Gasteiger partial charge in [-0.15, -0.1) is 0 Å². The molecular weight excluding hydrogens is 416 g/mol.